The second-order valence-corrected chi connectivity index (χ2v) is 8.42. The van der Waals surface area contributed by atoms with E-state index in [-0.39, 0.29) is 6.42 Å². The maximum absolute atomic E-state index is 14.2. The highest BCUT2D eigenvalue weighted by atomic mass is 16.2. The summed E-state index contributed by atoms with van der Waals surface area (Å²) in [5, 5.41) is 0. The molecule has 1 heterocycles. The topological polar surface area (TPSA) is 57.7 Å². The summed E-state index contributed by atoms with van der Waals surface area (Å²) in [5.41, 5.74) is 0.355. The van der Waals surface area contributed by atoms with Gasteiger partial charge >= 0.3 is 6.03 Å². The number of hydrogen-bond donors (Lipinski definition) is 0. The average Bonchev–Trinajstić information content (AvgIpc) is 2.93. The third kappa shape index (κ3) is 4.17. The van der Waals surface area contributed by atoms with Crippen molar-refractivity contribution >= 4 is 29.2 Å². The van der Waals surface area contributed by atoms with E-state index < -0.39 is 23.3 Å². The Balaban J connectivity index is 1.74. The van der Waals surface area contributed by atoms with Crippen molar-refractivity contribution in [3.8, 4) is 11.8 Å². The van der Waals surface area contributed by atoms with Gasteiger partial charge in [0, 0.05) is 12.0 Å². The molecule has 0 spiro atoms. The summed E-state index contributed by atoms with van der Waals surface area (Å²) in [5.74, 6) is 4.75. The standard InChI is InChI=1S/C31H22N2O3/c34-28-31(23-25-15-7-2-8-16-25,22-21-24-13-5-1-6-14-24)29(35)33(27-19-11-4-12-20-27)30(36)32(28)26-17-9-3-10-18-26/h1-20H,23H2. The monoisotopic (exact) mass is 470 g/mol. The molecular formula is C31H22N2O3. The van der Waals surface area contributed by atoms with Gasteiger partial charge in [-0.05, 0) is 42.0 Å². The summed E-state index contributed by atoms with van der Waals surface area (Å²) in [6.07, 6.45) is 0.0191. The van der Waals surface area contributed by atoms with E-state index in [2.05, 4.69) is 11.8 Å². The summed E-state index contributed by atoms with van der Waals surface area (Å²) in [7, 11) is 0. The van der Waals surface area contributed by atoms with Crippen LogP contribution in [0.2, 0.25) is 0 Å². The van der Waals surface area contributed by atoms with Crippen LogP contribution < -0.4 is 9.80 Å². The van der Waals surface area contributed by atoms with Gasteiger partial charge in [-0.1, -0.05) is 96.8 Å². The van der Waals surface area contributed by atoms with E-state index >= 15 is 0 Å². The van der Waals surface area contributed by atoms with Gasteiger partial charge in [0.25, 0.3) is 11.8 Å². The van der Waals surface area contributed by atoms with Crippen molar-refractivity contribution in [2.45, 2.75) is 6.42 Å². The number of rotatable bonds is 4. The van der Waals surface area contributed by atoms with Crippen LogP contribution in [-0.4, -0.2) is 17.8 Å². The highest BCUT2D eigenvalue weighted by Gasteiger charge is 2.57. The molecule has 4 aromatic rings. The molecule has 5 nitrogen and oxygen atoms in total. The number of barbiturate groups is 1. The molecule has 0 saturated carbocycles. The molecule has 1 aliphatic heterocycles. The van der Waals surface area contributed by atoms with E-state index in [0.29, 0.717) is 16.9 Å². The van der Waals surface area contributed by atoms with Crippen molar-refractivity contribution in [1.29, 1.82) is 0 Å². The van der Waals surface area contributed by atoms with E-state index in [0.717, 1.165) is 15.4 Å². The molecule has 5 rings (SSSR count). The van der Waals surface area contributed by atoms with E-state index in [1.54, 1.807) is 60.7 Å². The zero-order valence-corrected chi connectivity index (χ0v) is 19.4. The number of carbonyl (C=O) groups is 3. The summed E-state index contributed by atoms with van der Waals surface area (Å²) in [4.78, 5) is 44.3. The van der Waals surface area contributed by atoms with Crippen molar-refractivity contribution in [2.24, 2.45) is 5.41 Å². The fraction of sp³-hybridized carbons (Fsp3) is 0.0645. The lowest BCUT2D eigenvalue weighted by Crippen LogP contribution is -2.66. The Kier molecular flexibility index (Phi) is 6.17. The van der Waals surface area contributed by atoms with Crippen LogP contribution in [-0.2, 0) is 16.0 Å². The normalized spacial score (nSPS) is 14.8. The van der Waals surface area contributed by atoms with Gasteiger partial charge in [0.15, 0.2) is 5.41 Å². The predicted molar refractivity (Wildman–Crippen MR) is 139 cm³/mol. The van der Waals surface area contributed by atoms with Crippen molar-refractivity contribution in [2.75, 3.05) is 9.80 Å². The van der Waals surface area contributed by atoms with Gasteiger partial charge in [0.2, 0.25) is 0 Å². The first-order chi connectivity index (χ1) is 17.6. The van der Waals surface area contributed by atoms with Gasteiger partial charge < -0.3 is 0 Å². The minimum atomic E-state index is -1.82. The second-order valence-electron chi connectivity index (χ2n) is 8.42. The molecule has 36 heavy (non-hydrogen) atoms. The van der Waals surface area contributed by atoms with Gasteiger partial charge in [-0.15, -0.1) is 0 Å². The molecule has 0 aliphatic carbocycles. The van der Waals surface area contributed by atoms with Gasteiger partial charge in [-0.25, -0.2) is 14.6 Å². The van der Waals surface area contributed by atoms with Gasteiger partial charge in [-0.2, -0.15) is 0 Å². The summed E-state index contributed by atoms with van der Waals surface area (Å²) in [6, 6.07) is 35.0. The van der Waals surface area contributed by atoms with Crippen molar-refractivity contribution in [3.63, 3.8) is 0 Å². The van der Waals surface area contributed by atoms with Crippen molar-refractivity contribution < 1.29 is 14.4 Å². The fourth-order valence-electron chi connectivity index (χ4n) is 4.26. The fourth-order valence-corrected chi connectivity index (χ4v) is 4.26. The Morgan fingerprint density at radius 2 is 0.972 bits per heavy atom. The van der Waals surface area contributed by atoms with Gasteiger partial charge in [0.1, 0.15) is 0 Å². The molecule has 1 saturated heterocycles. The van der Waals surface area contributed by atoms with E-state index in [1.807, 2.05) is 60.7 Å². The zero-order valence-electron chi connectivity index (χ0n) is 19.4. The smallest absolute Gasteiger partial charge is 0.272 e. The largest absolute Gasteiger partial charge is 0.342 e. The third-order valence-corrected chi connectivity index (χ3v) is 6.05. The Morgan fingerprint density at radius 1 is 0.556 bits per heavy atom. The summed E-state index contributed by atoms with van der Waals surface area (Å²) in [6.45, 7) is 0. The first-order valence-corrected chi connectivity index (χ1v) is 11.6. The van der Waals surface area contributed by atoms with Crippen LogP contribution in [0.3, 0.4) is 0 Å². The van der Waals surface area contributed by atoms with Crippen LogP contribution in [0.5, 0.6) is 0 Å². The highest BCUT2D eigenvalue weighted by molar-refractivity contribution is 6.39. The number of carbonyl (C=O) groups excluding carboxylic acids is 3. The maximum Gasteiger partial charge on any atom is 0.342 e. The molecule has 0 N–H and O–H groups in total. The molecule has 4 amide bonds. The molecule has 1 aliphatic rings. The lowest BCUT2D eigenvalue weighted by Gasteiger charge is -2.41. The number of hydrogen-bond acceptors (Lipinski definition) is 3. The molecule has 4 aromatic carbocycles. The first-order valence-electron chi connectivity index (χ1n) is 11.6. The number of imide groups is 2. The molecular weight excluding hydrogens is 448 g/mol. The van der Waals surface area contributed by atoms with Crippen LogP contribution in [0.25, 0.3) is 0 Å². The average molecular weight is 471 g/mol. The van der Waals surface area contributed by atoms with Crippen LogP contribution in [0, 0.1) is 17.3 Å². The number of para-hydroxylation sites is 2. The predicted octanol–water partition coefficient (Wildman–Crippen LogP) is 5.47. The molecule has 0 unspecified atom stereocenters. The van der Waals surface area contributed by atoms with Crippen LogP contribution in [0.1, 0.15) is 11.1 Å². The zero-order chi connectivity index (χ0) is 25.0. The Bertz CT molecular complexity index is 1400. The minimum absolute atomic E-state index is 0.0191. The highest BCUT2D eigenvalue weighted by Crippen LogP contribution is 2.38. The molecule has 0 atom stereocenters. The Hall–Kier alpha value is -4.95. The molecule has 0 radical (unpaired) electrons. The van der Waals surface area contributed by atoms with Crippen LogP contribution in [0.15, 0.2) is 121 Å². The summed E-state index contributed by atoms with van der Waals surface area (Å²) < 4.78 is 0. The molecule has 174 valence electrons. The van der Waals surface area contributed by atoms with E-state index in [4.69, 9.17) is 0 Å². The molecule has 0 aromatic heterocycles. The van der Waals surface area contributed by atoms with E-state index in [1.165, 1.54) is 0 Å². The molecule has 0 bridgehead atoms. The number of anilines is 2. The van der Waals surface area contributed by atoms with Crippen LogP contribution >= 0.6 is 0 Å². The number of benzene rings is 4. The van der Waals surface area contributed by atoms with Gasteiger partial charge in [0.05, 0.1) is 11.4 Å². The number of nitrogens with zero attached hydrogens (tertiary/aromatic N) is 2. The summed E-state index contributed by atoms with van der Waals surface area (Å²) >= 11 is 0. The minimum Gasteiger partial charge on any atom is -0.272 e. The quantitative estimate of drug-likeness (QED) is 0.294. The maximum atomic E-state index is 14.2. The van der Waals surface area contributed by atoms with Gasteiger partial charge in [-0.3, -0.25) is 9.59 Å². The lowest BCUT2D eigenvalue weighted by molar-refractivity contribution is -0.137. The number of amides is 4. The van der Waals surface area contributed by atoms with Crippen molar-refractivity contribution in [3.05, 3.63) is 132 Å². The van der Waals surface area contributed by atoms with Crippen LogP contribution in [0.4, 0.5) is 16.2 Å². The third-order valence-electron chi connectivity index (χ3n) is 6.05. The Labute approximate surface area is 209 Å². The van der Waals surface area contributed by atoms with Crippen molar-refractivity contribution in [1.82, 2.24) is 0 Å². The first kappa shape index (κ1) is 22.8. The lowest BCUT2D eigenvalue weighted by atomic mass is 9.77. The van der Waals surface area contributed by atoms with E-state index in [9.17, 15) is 14.4 Å². The Morgan fingerprint density at radius 3 is 1.44 bits per heavy atom. The SMILES string of the molecule is O=C1N(c2ccccc2)C(=O)C(C#Cc2ccccc2)(Cc2ccccc2)C(=O)N1c1ccccc1. The molecule has 1 fully saturated rings. The number of urea groups is 1. The second kappa shape index (κ2) is 9.73. The molecule has 5 heteroatoms.